The van der Waals surface area contributed by atoms with Crippen molar-refractivity contribution in [3.63, 3.8) is 0 Å². The molecule has 0 aromatic heterocycles. The zero-order valence-corrected chi connectivity index (χ0v) is 7.58. The molecule has 0 aromatic rings. The molecule has 0 radical (unpaired) electrons. The van der Waals surface area contributed by atoms with Gasteiger partial charge in [0.05, 0.1) is 19.3 Å². The number of ether oxygens (including phenoxy) is 1. The highest BCUT2D eigenvalue weighted by atomic mass is 79.9. The Labute approximate surface area is 75.5 Å². The van der Waals surface area contributed by atoms with Crippen molar-refractivity contribution in [3.8, 4) is 0 Å². The van der Waals surface area contributed by atoms with Crippen molar-refractivity contribution in [1.29, 1.82) is 0 Å². The molecule has 0 spiro atoms. The fourth-order valence-electron chi connectivity index (χ4n) is 0.412. The Morgan fingerprint density at radius 1 is 1.33 bits per heavy atom. The van der Waals surface area contributed by atoms with E-state index in [-0.39, 0.29) is 0 Å². The first-order valence-corrected chi connectivity index (χ1v) is 3.77. The van der Waals surface area contributed by atoms with Gasteiger partial charge in [-0.15, -0.1) is 0 Å². The average molecular weight is 251 g/mol. The van der Waals surface area contributed by atoms with Gasteiger partial charge in [-0.25, -0.2) is 0 Å². The van der Waals surface area contributed by atoms with Crippen molar-refractivity contribution >= 4 is 15.9 Å². The maximum Gasteiger partial charge on any atom is 0.363 e. The van der Waals surface area contributed by atoms with Crippen molar-refractivity contribution < 1.29 is 22.3 Å². The highest BCUT2D eigenvalue weighted by molar-refractivity contribution is 9.10. The summed E-state index contributed by atoms with van der Waals surface area (Å²) in [5, 5.41) is 0. The molecule has 1 nitrogen and oxygen atoms in total. The monoisotopic (exact) mass is 250 g/mol. The van der Waals surface area contributed by atoms with Gasteiger partial charge in [-0.2, -0.15) is 17.6 Å². The Bertz CT molecular complexity index is 154. The van der Waals surface area contributed by atoms with E-state index in [0.29, 0.717) is 0 Å². The SMILES string of the molecule is C=COCCC(F)(F)C(F)(F)Br. The first-order chi connectivity index (χ1) is 5.31. The van der Waals surface area contributed by atoms with Crippen LogP contribution in [0.25, 0.3) is 0 Å². The van der Waals surface area contributed by atoms with E-state index in [4.69, 9.17) is 0 Å². The lowest BCUT2D eigenvalue weighted by Gasteiger charge is -2.20. The number of hydrogen-bond donors (Lipinski definition) is 0. The molecular formula is C6H7BrF4O. The lowest BCUT2D eigenvalue weighted by molar-refractivity contribution is -0.156. The summed E-state index contributed by atoms with van der Waals surface area (Å²) >= 11 is 1.59. The van der Waals surface area contributed by atoms with Crippen LogP contribution in [0.4, 0.5) is 17.6 Å². The molecule has 0 aromatic carbocycles. The van der Waals surface area contributed by atoms with Crippen molar-refractivity contribution in [2.45, 2.75) is 17.2 Å². The predicted octanol–water partition coefficient (Wildman–Crippen LogP) is 3.16. The highest BCUT2D eigenvalue weighted by Gasteiger charge is 2.53. The lowest BCUT2D eigenvalue weighted by atomic mass is 10.2. The summed E-state index contributed by atoms with van der Waals surface area (Å²) in [4.78, 5) is -4.19. The van der Waals surface area contributed by atoms with Gasteiger partial charge in [0.2, 0.25) is 0 Å². The molecule has 0 fully saturated rings. The fourth-order valence-corrected chi connectivity index (χ4v) is 0.610. The van der Waals surface area contributed by atoms with Gasteiger partial charge in [0.15, 0.2) is 0 Å². The van der Waals surface area contributed by atoms with E-state index in [0.717, 1.165) is 6.26 Å². The van der Waals surface area contributed by atoms with Gasteiger partial charge in [0.1, 0.15) is 0 Å². The summed E-state index contributed by atoms with van der Waals surface area (Å²) < 4.78 is 53.0. The van der Waals surface area contributed by atoms with Crippen LogP contribution in [0, 0.1) is 0 Å². The van der Waals surface area contributed by atoms with E-state index < -0.39 is 23.8 Å². The van der Waals surface area contributed by atoms with Crippen LogP contribution in [-0.2, 0) is 4.74 Å². The maximum absolute atomic E-state index is 12.3. The van der Waals surface area contributed by atoms with Crippen molar-refractivity contribution in [2.24, 2.45) is 0 Å². The van der Waals surface area contributed by atoms with Crippen molar-refractivity contribution in [3.05, 3.63) is 12.8 Å². The minimum Gasteiger partial charge on any atom is -0.502 e. The summed E-state index contributed by atoms with van der Waals surface area (Å²) in [7, 11) is 0. The van der Waals surface area contributed by atoms with Crippen LogP contribution in [0.2, 0.25) is 0 Å². The molecule has 0 rings (SSSR count). The summed E-state index contributed by atoms with van der Waals surface area (Å²) in [6, 6.07) is 0. The van der Waals surface area contributed by atoms with Gasteiger partial charge in [0.25, 0.3) is 0 Å². The van der Waals surface area contributed by atoms with E-state index >= 15 is 0 Å². The third-order valence-corrected chi connectivity index (χ3v) is 1.65. The van der Waals surface area contributed by atoms with E-state index in [2.05, 4.69) is 11.3 Å². The Morgan fingerprint density at radius 2 is 1.83 bits per heavy atom. The molecule has 0 saturated heterocycles. The molecule has 0 heterocycles. The molecule has 0 saturated carbocycles. The molecule has 0 unspecified atom stereocenters. The molecule has 0 atom stereocenters. The van der Waals surface area contributed by atoms with Crippen molar-refractivity contribution in [1.82, 2.24) is 0 Å². The molecule has 0 aliphatic rings. The topological polar surface area (TPSA) is 9.23 Å². The third kappa shape index (κ3) is 3.42. The van der Waals surface area contributed by atoms with Gasteiger partial charge in [-0.05, 0) is 15.9 Å². The first-order valence-electron chi connectivity index (χ1n) is 2.98. The van der Waals surface area contributed by atoms with E-state index in [1.54, 1.807) is 15.9 Å². The molecule has 0 aliphatic heterocycles. The third-order valence-electron chi connectivity index (χ3n) is 1.07. The highest BCUT2D eigenvalue weighted by Crippen LogP contribution is 2.41. The second kappa shape index (κ2) is 4.11. The second-order valence-corrected chi connectivity index (χ2v) is 2.99. The molecule has 0 N–H and O–H groups in total. The van der Waals surface area contributed by atoms with E-state index in [1.807, 2.05) is 0 Å². The molecule has 0 aliphatic carbocycles. The van der Waals surface area contributed by atoms with Crippen LogP contribution in [0.1, 0.15) is 6.42 Å². The van der Waals surface area contributed by atoms with Crippen LogP contribution in [0.15, 0.2) is 12.8 Å². The minimum atomic E-state index is -4.19. The largest absolute Gasteiger partial charge is 0.502 e. The molecule has 72 valence electrons. The molecule has 12 heavy (non-hydrogen) atoms. The Balaban J connectivity index is 3.95. The lowest BCUT2D eigenvalue weighted by Crippen LogP contribution is -2.35. The summed E-state index contributed by atoms with van der Waals surface area (Å²) in [6.07, 6.45) is -0.139. The van der Waals surface area contributed by atoms with Gasteiger partial charge < -0.3 is 4.74 Å². The van der Waals surface area contributed by atoms with Crippen LogP contribution in [0.5, 0.6) is 0 Å². The molecular weight excluding hydrogens is 244 g/mol. The molecule has 0 bridgehead atoms. The summed E-state index contributed by atoms with van der Waals surface area (Å²) in [5.74, 6) is -4.10. The average Bonchev–Trinajstić information content (AvgIpc) is 1.85. The fraction of sp³-hybridized carbons (Fsp3) is 0.667. The number of rotatable bonds is 5. The maximum atomic E-state index is 12.3. The quantitative estimate of drug-likeness (QED) is 0.315. The Hall–Kier alpha value is -0.260. The van der Waals surface area contributed by atoms with Gasteiger partial charge in [0, 0.05) is 0 Å². The normalized spacial score (nSPS) is 12.8. The number of hydrogen-bond acceptors (Lipinski definition) is 1. The first kappa shape index (κ1) is 11.7. The summed E-state index contributed by atoms with van der Waals surface area (Å²) in [5.41, 5.74) is 0. The standard InChI is InChI=1S/C6H7BrF4O/c1-2-12-4-3-5(8,9)6(7,10)11/h2H,1,3-4H2. The van der Waals surface area contributed by atoms with E-state index in [9.17, 15) is 17.6 Å². The molecule has 0 amide bonds. The predicted molar refractivity (Wildman–Crippen MR) is 39.6 cm³/mol. The van der Waals surface area contributed by atoms with Gasteiger partial charge in [-0.3, -0.25) is 0 Å². The zero-order chi connectivity index (χ0) is 9.83. The van der Waals surface area contributed by atoms with Gasteiger partial charge >= 0.3 is 10.8 Å². The number of alkyl halides is 5. The summed E-state index contributed by atoms with van der Waals surface area (Å²) in [6.45, 7) is 2.59. The number of halogens is 5. The van der Waals surface area contributed by atoms with Crippen molar-refractivity contribution in [2.75, 3.05) is 6.61 Å². The zero-order valence-electron chi connectivity index (χ0n) is 6.00. The van der Waals surface area contributed by atoms with Crippen LogP contribution in [-0.4, -0.2) is 17.4 Å². The minimum absolute atomic E-state index is 0.488. The van der Waals surface area contributed by atoms with Crippen LogP contribution >= 0.6 is 15.9 Å². The Morgan fingerprint density at radius 3 is 2.17 bits per heavy atom. The van der Waals surface area contributed by atoms with Crippen LogP contribution in [0.3, 0.4) is 0 Å². The van der Waals surface area contributed by atoms with E-state index in [1.165, 1.54) is 0 Å². The smallest absolute Gasteiger partial charge is 0.363 e. The molecule has 6 heteroatoms. The van der Waals surface area contributed by atoms with Gasteiger partial charge in [-0.1, -0.05) is 6.58 Å². The second-order valence-electron chi connectivity index (χ2n) is 1.99. The Kier molecular flexibility index (Phi) is 4.02. The van der Waals surface area contributed by atoms with Crippen LogP contribution < -0.4 is 0 Å².